The van der Waals surface area contributed by atoms with Gasteiger partial charge in [0.1, 0.15) is 0 Å². The molecule has 1 aromatic carbocycles. The summed E-state index contributed by atoms with van der Waals surface area (Å²) in [4.78, 5) is 23.0. The van der Waals surface area contributed by atoms with E-state index in [0.29, 0.717) is 11.5 Å². The molecule has 0 aliphatic heterocycles. The Morgan fingerprint density at radius 3 is 2.28 bits per heavy atom. The van der Waals surface area contributed by atoms with Crippen molar-refractivity contribution in [1.29, 1.82) is 0 Å². The molecule has 0 fully saturated rings. The van der Waals surface area contributed by atoms with Gasteiger partial charge in [-0.1, -0.05) is 0 Å². The Balaban J connectivity index is 2.03. The summed E-state index contributed by atoms with van der Waals surface area (Å²) < 4.78 is 28.5. The molecular formula is C15H19N5O4S. The normalized spacial score (nSPS) is 12.4. The van der Waals surface area contributed by atoms with E-state index < -0.39 is 22.0 Å². The smallest absolute Gasteiger partial charge is 0.243 e. The monoisotopic (exact) mass is 365 g/mol. The van der Waals surface area contributed by atoms with Gasteiger partial charge in [-0.05, 0) is 31.2 Å². The minimum absolute atomic E-state index is 0.0147. The highest BCUT2D eigenvalue weighted by atomic mass is 32.2. The van der Waals surface area contributed by atoms with Crippen LogP contribution in [0.25, 0.3) is 0 Å². The molecule has 0 spiro atoms. The van der Waals surface area contributed by atoms with Gasteiger partial charge in [0.05, 0.1) is 10.9 Å². The van der Waals surface area contributed by atoms with Crippen molar-refractivity contribution < 1.29 is 18.0 Å². The highest BCUT2D eigenvalue weighted by molar-refractivity contribution is 7.89. The summed E-state index contributed by atoms with van der Waals surface area (Å²) in [7, 11) is -2.19. The molecule has 0 aliphatic carbocycles. The maximum atomic E-state index is 12.3. The zero-order valence-corrected chi connectivity index (χ0v) is 14.8. The largest absolute Gasteiger partial charge is 0.326 e. The summed E-state index contributed by atoms with van der Waals surface area (Å²) in [5.74, 6) is -0.455. The van der Waals surface area contributed by atoms with E-state index >= 15 is 0 Å². The van der Waals surface area contributed by atoms with Crippen LogP contribution in [0.5, 0.6) is 0 Å². The van der Waals surface area contributed by atoms with E-state index in [-0.39, 0.29) is 10.8 Å². The second kappa shape index (κ2) is 7.45. The van der Waals surface area contributed by atoms with Gasteiger partial charge in [-0.25, -0.2) is 8.42 Å². The third-order valence-corrected chi connectivity index (χ3v) is 4.73. The number of hydrogen-bond donors (Lipinski definition) is 3. The topological polar surface area (TPSA) is 122 Å². The number of anilines is 2. The maximum Gasteiger partial charge on any atom is 0.243 e. The molecular weight excluding hydrogens is 346 g/mol. The van der Waals surface area contributed by atoms with Gasteiger partial charge in [0.2, 0.25) is 21.8 Å². The van der Waals surface area contributed by atoms with E-state index in [2.05, 4.69) is 20.5 Å². The van der Waals surface area contributed by atoms with Gasteiger partial charge in [-0.15, -0.1) is 0 Å². The van der Waals surface area contributed by atoms with Crippen LogP contribution in [0.2, 0.25) is 0 Å². The summed E-state index contributed by atoms with van der Waals surface area (Å²) in [6, 6.07) is 6.22. The summed E-state index contributed by atoms with van der Waals surface area (Å²) in [5.41, 5.74) is 0.479. The third kappa shape index (κ3) is 5.13. The fraction of sp³-hybridized carbons (Fsp3) is 0.267. The van der Waals surface area contributed by atoms with Crippen molar-refractivity contribution in [3.05, 3.63) is 36.5 Å². The highest BCUT2D eigenvalue weighted by Gasteiger charge is 2.22. The summed E-state index contributed by atoms with van der Waals surface area (Å²) in [5, 5.41) is 9.06. The van der Waals surface area contributed by atoms with Crippen molar-refractivity contribution in [1.82, 2.24) is 14.5 Å². The number of carbonyl (C=O) groups is 2. The fourth-order valence-corrected chi connectivity index (χ4v) is 3.19. The van der Waals surface area contributed by atoms with Crippen molar-refractivity contribution in [3.8, 4) is 0 Å². The number of nitrogens with one attached hydrogen (secondary N) is 3. The van der Waals surface area contributed by atoms with Gasteiger partial charge in [-0.2, -0.15) is 9.82 Å². The second-order valence-electron chi connectivity index (χ2n) is 5.41. The van der Waals surface area contributed by atoms with E-state index in [1.165, 1.54) is 42.8 Å². The Morgan fingerprint density at radius 1 is 1.12 bits per heavy atom. The first kappa shape index (κ1) is 18.6. The zero-order valence-electron chi connectivity index (χ0n) is 14.0. The Bertz CT molecular complexity index is 874. The van der Waals surface area contributed by atoms with Crippen LogP contribution in [0.1, 0.15) is 13.8 Å². The van der Waals surface area contributed by atoms with E-state index in [4.69, 9.17) is 0 Å². The lowest BCUT2D eigenvalue weighted by atomic mass is 10.3. The molecule has 0 unspecified atom stereocenters. The summed E-state index contributed by atoms with van der Waals surface area (Å²) >= 11 is 0. The number of aryl methyl sites for hydroxylation is 1. The Morgan fingerprint density at radius 2 is 1.76 bits per heavy atom. The summed E-state index contributed by atoms with van der Waals surface area (Å²) in [6.45, 7) is 2.79. The quantitative estimate of drug-likeness (QED) is 0.695. The van der Waals surface area contributed by atoms with Crippen molar-refractivity contribution in [2.45, 2.75) is 24.8 Å². The lowest BCUT2D eigenvalue weighted by Crippen LogP contribution is -2.41. The van der Waals surface area contributed by atoms with Crippen molar-refractivity contribution >= 4 is 33.3 Å². The molecule has 1 atom stereocenters. The first-order valence-corrected chi connectivity index (χ1v) is 8.86. The molecule has 0 bridgehead atoms. The zero-order chi connectivity index (χ0) is 18.6. The molecule has 3 N–H and O–H groups in total. The highest BCUT2D eigenvalue weighted by Crippen LogP contribution is 2.14. The lowest BCUT2D eigenvalue weighted by molar-refractivity contribution is -0.117. The first-order valence-electron chi connectivity index (χ1n) is 7.38. The number of hydrogen-bond acceptors (Lipinski definition) is 5. The molecule has 2 aromatic rings. The van der Waals surface area contributed by atoms with E-state index in [1.54, 1.807) is 19.3 Å². The number of carbonyl (C=O) groups excluding carboxylic acids is 2. The Labute approximate surface area is 145 Å². The third-order valence-electron chi connectivity index (χ3n) is 3.18. The Kier molecular flexibility index (Phi) is 5.55. The molecule has 1 aromatic heterocycles. The van der Waals surface area contributed by atoms with Crippen LogP contribution >= 0.6 is 0 Å². The molecule has 2 amide bonds. The van der Waals surface area contributed by atoms with Crippen LogP contribution in [0.4, 0.5) is 11.5 Å². The maximum absolute atomic E-state index is 12.3. The molecule has 9 nitrogen and oxygen atoms in total. The van der Waals surface area contributed by atoms with Gasteiger partial charge in [0.25, 0.3) is 0 Å². The van der Waals surface area contributed by atoms with Crippen LogP contribution in [0.3, 0.4) is 0 Å². The SMILES string of the molecule is CC(=O)Nc1ccc(S(=O)(=O)N[C@@H](C)C(=O)Nc2ccn(C)n2)cc1. The predicted octanol–water partition coefficient (Wildman–Crippen LogP) is 0.684. The minimum Gasteiger partial charge on any atom is -0.326 e. The summed E-state index contributed by atoms with van der Waals surface area (Å²) in [6.07, 6.45) is 1.65. The van der Waals surface area contributed by atoms with Crippen molar-refractivity contribution in [2.24, 2.45) is 7.05 Å². The van der Waals surface area contributed by atoms with Crippen molar-refractivity contribution in [2.75, 3.05) is 10.6 Å². The van der Waals surface area contributed by atoms with Gasteiger partial charge in [0.15, 0.2) is 5.82 Å². The fourth-order valence-electron chi connectivity index (χ4n) is 1.99. The molecule has 0 radical (unpaired) electrons. The molecule has 0 saturated carbocycles. The van der Waals surface area contributed by atoms with Crippen molar-refractivity contribution in [3.63, 3.8) is 0 Å². The van der Waals surface area contributed by atoms with Crippen LogP contribution in [0, 0.1) is 0 Å². The number of nitrogens with zero attached hydrogens (tertiary/aromatic N) is 2. The molecule has 1 heterocycles. The minimum atomic E-state index is -3.89. The number of sulfonamides is 1. The number of amides is 2. The van der Waals surface area contributed by atoms with Gasteiger partial charge >= 0.3 is 0 Å². The average molecular weight is 365 g/mol. The van der Waals surface area contributed by atoms with Crippen LogP contribution < -0.4 is 15.4 Å². The lowest BCUT2D eigenvalue weighted by Gasteiger charge is -2.14. The molecule has 25 heavy (non-hydrogen) atoms. The standard InChI is InChI=1S/C15H19N5O4S/c1-10(15(22)17-14-8-9-20(3)18-14)19-25(23,24)13-6-4-12(5-7-13)16-11(2)21/h4-10,19H,1-3H3,(H,16,21)(H,17,18,22)/t10-/m0/s1. The van der Waals surface area contributed by atoms with E-state index in [1.807, 2.05) is 0 Å². The number of rotatable bonds is 6. The van der Waals surface area contributed by atoms with Crippen LogP contribution in [0.15, 0.2) is 41.4 Å². The second-order valence-corrected chi connectivity index (χ2v) is 7.13. The number of aromatic nitrogens is 2. The molecule has 0 aliphatic rings. The van der Waals surface area contributed by atoms with Crippen LogP contribution in [-0.2, 0) is 26.7 Å². The average Bonchev–Trinajstić information content (AvgIpc) is 2.91. The predicted molar refractivity (Wildman–Crippen MR) is 92.4 cm³/mol. The van der Waals surface area contributed by atoms with Gasteiger partial charge < -0.3 is 10.6 Å². The van der Waals surface area contributed by atoms with Gasteiger partial charge in [-0.3, -0.25) is 14.3 Å². The van der Waals surface area contributed by atoms with E-state index in [0.717, 1.165) is 0 Å². The van der Waals surface area contributed by atoms with Crippen LogP contribution in [-0.4, -0.2) is 36.1 Å². The van der Waals surface area contributed by atoms with Gasteiger partial charge in [0, 0.05) is 31.9 Å². The molecule has 2 rings (SSSR count). The Hall–Kier alpha value is -2.72. The van der Waals surface area contributed by atoms with E-state index in [9.17, 15) is 18.0 Å². The number of benzene rings is 1. The molecule has 134 valence electrons. The molecule has 10 heteroatoms. The molecule has 0 saturated heterocycles. The first-order chi connectivity index (χ1) is 11.7.